The van der Waals surface area contributed by atoms with Crippen LogP contribution in [0.25, 0.3) is 0 Å². The highest BCUT2D eigenvalue weighted by atomic mass is 32.1. The van der Waals surface area contributed by atoms with Gasteiger partial charge in [0.15, 0.2) is 5.11 Å². The Hall–Kier alpha value is -2.20. The quantitative estimate of drug-likeness (QED) is 0.848. The summed E-state index contributed by atoms with van der Waals surface area (Å²) in [5, 5.41) is 10.1. The maximum atomic E-state index is 5.47. The second-order valence-corrected chi connectivity index (χ2v) is 4.99. The van der Waals surface area contributed by atoms with Gasteiger partial charge in [0.2, 0.25) is 0 Å². The van der Waals surface area contributed by atoms with Gasteiger partial charge >= 0.3 is 0 Å². The van der Waals surface area contributed by atoms with E-state index in [9.17, 15) is 0 Å². The van der Waals surface area contributed by atoms with Crippen LogP contribution in [-0.2, 0) is 0 Å². The van der Waals surface area contributed by atoms with Crippen LogP contribution >= 0.6 is 12.2 Å². The molecule has 1 N–H and O–H groups in total. The molecule has 2 aromatic carbocycles. The highest BCUT2D eigenvalue weighted by molar-refractivity contribution is 7.80. The molecule has 1 aliphatic heterocycles. The normalized spacial score (nSPS) is 17.2. The Labute approximate surface area is 123 Å². The molecule has 100 valence electrons. The number of hydrogen-bond acceptors (Lipinski definition) is 2. The number of anilines is 1. The van der Waals surface area contributed by atoms with Crippen molar-refractivity contribution >= 4 is 29.2 Å². The van der Waals surface area contributed by atoms with Crippen LogP contribution in [0.5, 0.6) is 0 Å². The average molecular weight is 281 g/mol. The minimum atomic E-state index is 0.180. The standard InChI is InChI=1S/C16H15N3S/c20-16(18-14-9-5-2-6-10-14)19-15(11-12-17-19)13-7-3-1-4-8-13/h1-10,12,15H,11H2,(H,18,20)/t15-/m1/s1. The summed E-state index contributed by atoms with van der Waals surface area (Å²) in [5.74, 6) is 0. The van der Waals surface area contributed by atoms with Crippen molar-refractivity contribution in [3.05, 3.63) is 66.2 Å². The highest BCUT2D eigenvalue weighted by Gasteiger charge is 2.25. The van der Waals surface area contributed by atoms with Crippen LogP contribution in [0.1, 0.15) is 18.0 Å². The molecule has 0 bridgehead atoms. The molecule has 3 nitrogen and oxygen atoms in total. The van der Waals surface area contributed by atoms with Gasteiger partial charge in [-0.1, -0.05) is 48.5 Å². The van der Waals surface area contributed by atoms with E-state index in [1.807, 2.05) is 59.8 Å². The predicted molar refractivity (Wildman–Crippen MR) is 86.8 cm³/mol. The van der Waals surface area contributed by atoms with Gasteiger partial charge in [-0.3, -0.25) is 0 Å². The molecule has 0 aromatic heterocycles. The first-order chi connectivity index (χ1) is 9.84. The van der Waals surface area contributed by atoms with Gasteiger partial charge in [-0.05, 0) is 29.9 Å². The van der Waals surface area contributed by atoms with Gasteiger partial charge in [0.1, 0.15) is 0 Å². The molecule has 0 aliphatic carbocycles. The number of hydrazone groups is 1. The molecule has 0 saturated heterocycles. The van der Waals surface area contributed by atoms with Crippen molar-refractivity contribution in [2.75, 3.05) is 5.32 Å². The first-order valence-corrected chi connectivity index (χ1v) is 6.98. The molecule has 0 radical (unpaired) electrons. The van der Waals surface area contributed by atoms with Crippen LogP contribution in [0.2, 0.25) is 0 Å². The van der Waals surface area contributed by atoms with Crippen molar-refractivity contribution in [1.29, 1.82) is 0 Å². The Morgan fingerprint density at radius 2 is 1.70 bits per heavy atom. The topological polar surface area (TPSA) is 27.6 Å². The Bertz CT molecular complexity index is 610. The third-order valence-electron chi connectivity index (χ3n) is 3.25. The molecule has 1 atom stereocenters. The summed E-state index contributed by atoms with van der Waals surface area (Å²) in [7, 11) is 0. The van der Waals surface area contributed by atoms with E-state index in [1.165, 1.54) is 5.56 Å². The van der Waals surface area contributed by atoms with Crippen LogP contribution in [0.3, 0.4) is 0 Å². The van der Waals surface area contributed by atoms with Crippen LogP contribution < -0.4 is 5.32 Å². The summed E-state index contributed by atoms with van der Waals surface area (Å²) >= 11 is 5.47. The van der Waals surface area contributed by atoms with Crippen LogP contribution in [-0.4, -0.2) is 16.3 Å². The van der Waals surface area contributed by atoms with Crippen LogP contribution in [0.15, 0.2) is 65.8 Å². The summed E-state index contributed by atoms with van der Waals surface area (Å²) in [4.78, 5) is 0. The molecule has 0 saturated carbocycles. The maximum Gasteiger partial charge on any atom is 0.194 e. The SMILES string of the molecule is S=C(Nc1ccccc1)N1N=CC[C@@H]1c1ccccc1. The van der Waals surface area contributed by atoms with Crippen molar-refractivity contribution in [2.45, 2.75) is 12.5 Å². The van der Waals surface area contributed by atoms with Gasteiger partial charge in [-0.2, -0.15) is 5.10 Å². The van der Waals surface area contributed by atoms with E-state index in [2.05, 4.69) is 22.6 Å². The number of rotatable bonds is 2. The highest BCUT2D eigenvalue weighted by Crippen LogP contribution is 2.28. The zero-order chi connectivity index (χ0) is 13.8. The molecule has 0 spiro atoms. The minimum absolute atomic E-state index is 0.180. The smallest absolute Gasteiger partial charge is 0.194 e. The predicted octanol–water partition coefficient (Wildman–Crippen LogP) is 3.82. The van der Waals surface area contributed by atoms with Gasteiger partial charge in [0.25, 0.3) is 0 Å². The lowest BCUT2D eigenvalue weighted by atomic mass is 10.1. The minimum Gasteiger partial charge on any atom is -0.331 e. The van der Waals surface area contributed by atoms with Gasteiger partial charge in [0.05, 0.1) is 6.04 Å². The maximum absolute atomic E-state index is 5.47. The molecule has 20 heavy (non-hydrogen) atoms. The Morgan fingerprint density at radius 3 is 2.40 bits per heavy atom. The molecule has 0 amide bonds. The number of nitrogens with zero attached hydrogens (tertiary/aromatic N) is 2. The van der Waals surface area contributed by atoms with Gasteiger partial charge in [-0.25, -0.2) is 5.01 Å². The number of benzene rings is 2. The average Bonchev–Trinajstić information content (AvgIpc) is 2.99. The van der Waals surface area contributed by atoms with Crippen molar-refractivity contribution < 1.29 is 0 Å². The number of hydrogen-bond donors (Lipinski definition) is 1. The molecule has 1 aliphatic rings. The Morgan fingerprint density at radius 1 is 1.05 bits per heavy atom. The molecular formula is C16H15N3S. The Balaban J connectivity index is 1.75. The third-order valence-corrected chi connectivity index (χ3v) is 3.54. The summed E-state index contributed by atoms with van der Waals surface area (Å²) in [6, 6.07) is 20.4. The summed E-state index contributed by atoms with van der Waals surface area (Å²) in [5.41, 5.74) is 2.20. The molecule has 0 unspecified atom stereocenters. The van der Waals surface area contributed by atoms with Crippen LogP contribution in [0.4, 0.5) is 5.69 Å². The Kier molecular flexibility index (Phi) is 3.74. The van der Waals surface area contributed by atoms with Crippen molar-refractivity contribution in [1.82, 2.24) is 5.01 Å². The largest absolute Gasteiger partial charge is 0.331 e. The molecule has 2 aromatic rings. The number of thiocarbonyl (C=S) groups is 1. The van der Waals surface area contributed by atoms with E-state index in [4.69, 9.17) is 12.2 Å². The molecule has 4 heteroatoms. The van der Waals surface area contributed by atoms with E-state index in [0.29, 0.717) is 5.11 Å². The zero-order valence-electron chi connectivity index (χ0n) is 10.9. The second-order valence-electron chi connectivity index (χ2n) is 4.60. The van der Waals surface area contributed by atoms with Crippen molar-refractivity contribution in [3.8, 4) is 0 Å². The molecule has 0 fully saturated rings. The van der Waals surface area contributed by atoms with Crippen molar-refractivity contribution in [3.63, 3.8) is 0 Å². The van der Waals surface area contributed by atoms with E-state index < -0.39 is 0 Å². The zero-order valence-corrected chi connectivity index (χ0v) is 11.8. The third kappa shape index (κ3) is 2.70. The van der Waals surface area contributed by atoms with Gasteiger partial charge < -0.3 is 5.32 Å². The number of nitrogens with one attached hydrogen (secondary N) is 1. The van der Waals surface area contributed by atoms with Crippen LogP contribution in [0, 0.1) is 0 Å². The molecular weight excluding hydrogens is 266 g/mol. The first kappa shape index (κ1) is 12.8. The van der Waals surface area contributed by atoms with E-state index in [-0.39, 0.29) is 6.04 Å². The van der Waals surface area contributed by atoms with Gasteiger partial charge in [-0.15, -0.1) is 0 Å². The molecule has 3 rings (SSSR count). The second kappa shape index (κ2) is 5.84. The fourth-order valence-corrected chi connectivity index (χ4v) is 2.56. The fourth-order valence-electron chi connectivity index (χ4n) is 2.26. The fraction of sp³-hybridized carbons (Fsp3) is 0.125. The first-order valence-electron chi connectivity index (χ1n) is 6.57. The lowest BCUT2D eigenvalue weighted by Gasteiger charge is -2.25. The number of para-hydroxylation sites is 1. The summed E-state index contributed by atoms with van der Waals surface area (Å²) in [6.07, 6.45) is 2.79. The summed E-state index contributed by atoms with van der Waals surface area (Å²) in [6.45, 7) is 0. The monoisotopic (exact) mass is 281 g/mol. The molecule has 1 heterocycles. The summed E-state index contributed by atoms with van der Waals surface area (Å²) < 4.78 is 0. The van der Waals surface area contributed by atoms with Gasteiger partial charge in [0, 0.05) is 18.3 Å². The lowest BCUT2D eigenvalue weighted by molar-refractivity contribution is 0.375. The lowest BCUT2D eigenvalue weighted by Crippen LogP contribution is -2.31. The van der Waals surface area contributed by atoms with E-state index >= 15 is 0 Å². The van der Waals surface area contributed by atoms with E-state index in [0.717, 1.165) is 12.1 Å². The van der Waals surface area contributed by atoms with Crippen molar-refractivity contribution in [2.24, 2.45) is 5.10 Å². The van der Waals surface area contributed by atoms with E-state index in [1.54, 1.807) is 0 Å².